The van der Waals surface area contributed by atoms with Gasteiger partial charge in [0, 0.05) is 0 Å². The van der Waals surface area contributed by atoms with Crippen molar-refractivity contribution >= 4 is 0 Å². The van der Waals surface area contributed by atoms with E-state index in [-0.39, 0.29) is 17.3 Å². The minimum atomic E-state index is -4.00. The lowest BCUT2D eigenvalue weighted by molar-refractivity contribution is -0.182. The molecule has 84 valence electrons. The van der Waals surface area contributed by atoms with Gasteiger partial charge in [0.05, 0.1) is 5.92 Å². The summed E-state index contributed by atoms with van der Waals surface area (Å²) in [6.07, 6.45) is -2.97. The van der Waals surface area contributed by atoms with E-state index in [1.54, 1.807) is 6.92 Å². The van der Waals surface area contributed by atoms with Crippen molar-refractivity contribution in [2.45, 2.75) is 46.7 Å². The molecule has 1 saturated carbocycles. The zero-order valence-corrected chi connectivity index (χ0v) is 9.28. The highest BCUT2D eigenvalue weighted by molar-refractivity contribution is 4.90. The maximum Gasteiger partial charge on any atom is 0.392 e. The quantitative estimate of drug-likeness (QED) is 0.558. The van der Waals surface area contributed by atoms with Crippen LogP contribution in [0.2, 0.25) is 0 Å². The van der Waals surface area contributed by atoms with Crippen LogP contribution in [0.3, 0.4) is 0 Å². The van der Waals surface area contributed by atoms with Gasteiger partial charge in [-0.1, -0.05) is 27.7 Å². The Hall–Kier alpha value is -0.210. The predicted octanol–water partition coefficient (Wildman–Crippen LogP) is 4.26. The maximum atomic E-state index is 12.6. The van der Waals surface area contributed by atoms with Gasteiger partial charge < -0.3 is 0 Å². The van der Waals surface area contributed by atoms with E-state index >= 15 is 0 Å². The fourth-order valence-electron chi connectivity index (χ4n) is 2.41. The highest BCUT2D eigenvalue weighted by Gasteiger charge is 2.50. The minimum absolute atomic E-state index is 0.00819. The molecule has 3 heteroatoms. The highest BCUT2D eigenvalue weighted by Crippen LogP contribution is 2.50. The molecule has 0 N–H and O–H groups in total. The van der Waals surface area contributed by atoms with Crippen LogP contribution in [-0.4, -0.2) is 6.18 Å². The van der Waals surface area contributed by atoms with E-state index in [9.17, 15) is 13.2 Å². The Labute approximate surface area is 83.9 Å². The van der Waals surface area contributed by atoms with Crippen LogP contribution in [-0.2, 0) is 0 Å². The van der Waals surface area contributed by atoms with Gasteiger partial charge in [0.25, 0.3) is 0 Å². The Kier molecular flexibility index (Phi) is 2.90. The Morgan fingerprint density at radius 2 is 1.50 bits per heavy atom. The SMILES string of the molecule is CC1CC(C(C)(C)C)CC1C(F)(F)F. The number of rotatable bonds is 0. The zero-order valence-electron chi connectivity index (χ0n) is 9.28. The minimum Gasteiger partial charge on any atom is -0.171 e. The summed E-state index contributed by atoms with van der Waals surface area (Å²) in [6, 6.07) is 0. The van der Waals surface area contributed by atoms with Gasteiger partial charge in [0.15, 0.2) is 0 Å². The molecular formula is C11H19F3. The number of alkyl halides is 3. The van der Waals surface area contributed by atoms with Gasteiger partial charge in [0.1, 0.15) is 0 Å². The van der Waals surface area contributed by atoms with E-state index in [0.29, 0.717) is 12.8 Å². The van der Waals surface area contributed by atoms with Crippen molar-refractivity contribution in [2.24, 2.45) is 23.2 Å². The second kappa shape index (κ2) is 3.42. The molecular weight excluding hydrogens is 189 g/mol. The lowest BCUT2D eigenvalue weighted by atomic mass is 9.79. The highest BCUT2D eigenvalue weighted by atomic mass is 19.4. The molecule has 0 nitrogen and oxygen atoms in total. The van der Waals surface area contributed by atoms with Crippen molar-refractivity contribution in [3.05, 3.63) is 0 Å². The molecule has 1 fully saturated rings. The summed E-state index contributed by atoms with van der Waals surface area (Å²) in [6.45, 7) is 7.82. The predicted molar refractivity (Wildman–Crippen MR) is 50.9 cm³/mol. The molecule has 0 amide bonds. The molecule has 14 heavy (non-hydrogen) atoms. The molecule has 0 aliphatic heterocycles. The van der Waals surface area contributed by atoms with Gasteiger partial charge in [-0.05, 0) is 30.1 Å². The maximum absolute atomic E-state index is 12.6. The average Bonchev–Trinajstić information content (AvgIpc) is 2.27. The molecule has 1 aliphatic rings. The summed E-state index contributed by atoms with van der Waals surface area (Å²) in [7, 11) is 0. The van der Waals surface area contributed by atoms with Gasteiger partial charge in [0.2, 0.25) is 0 Å². The summed E-state index contributed by atoms with van der Waals surface area (Å²) in [4.78, 5) is 0. The van der Waals surface area contributed by atoms with Crippen LogP contribution < -0.4 is 0 Å². The molecule has 0 heterocycles. The molecule has 0 radical (unpaired) electrons. The Bertz CT molecular complexity index is 200. The lowest BCUT2D eigenvalue weighted by Gasteiger charge is -2.27. The van der Waals surface area contributed by atoms with Gasteiger partial charge in [-0.3, -0.25) is 0 Å². The topological polar surface area (TPSA) is 0 Å². The average molecular weight is 208 g/mol. The fraction of sp³-hybridized carbons (Fsp3) is 1.00. The lowest BCUT2D eigenvalue weighted by Crippen LogP contribution is -2.25. The number of hydrogen-bond acceptors (Lipinski definition) is 0. The van der Waals surface area contributed by atoms with Crippen molar-refractivity contribution in [3.8, 4) is 0 Å². The first-order valence-electron chi connectivity index (χ1n) is 5.19. The second-order valence-corrected chi connectivity index (χ2v) is 5.66. The van der Waals surface area contributed by atoms with Crippen LogP contribution in [0.5, 0.6) is 0 Å². The van der Waals surface area contributed by atoms with Crippen LogP contribution in [0.15, 0.2) is 0 Å². The first-order valence-corrected chi connectivity index (χ1v) is 5.19. The smallest absolute Gasteiger partial charge is 0.171 e. The fourth-order valence-corrected chi connectivity index (χ4v) is 2.41. The van der Waals surface area contributed by atoms with Crippen molar-refractivity contribution in [1.29, 1.82) is 0 Å². The van der Waals surface area contributed by atoms with Gasteiger partial charge >= 0.3 is 6.18 Å². The van der Waals surface area contributed by atoms with Crippen LogP contribution in [0.4, 0.5) is 13.2 Å². The van der Waals surface area contributed by atoms with Crippen LogP contribution in [0.1, 0.15) is 40.5 Å². The second-order valence-electron chi connectivity index (χ2n) is 5.66. The van der Waals surface area contributed by atoms with E-state index in [1.807, 2.05) is 20.8 Å². The zero-order chi connectivity index (χ0) is 11.1. The molecule has 0 aromatic carbocycles. The summed E-state index contributed by atoms with van der Waals surface area (Å²) >= 11 is 0. The summed E-state index contributed by atoms with van der Waals surface area (Å²) in [5, 5.41) is 0. The van der Waals surface area contributed by atoms with E-state index in [2.05, 4.69) is 0 Å². The first-order chi connectivity index (χ1) is 6.12. The molecule has 0 bridgehead atoms. The van der Waals surface area contributed by atoms with Gasteiger partial charge in [-0.25, -0.2) is 0 Å². The first kappa shape index (κ1) is 11.9. The van der Waals surface area contributed by atoms with Crippen molar-refractivity contribution in [3.63, 3.8) is 0 Å². The van der Waals surface area contributed by atoms with Crippen LogP contribution in [0.25, 0.3) is 0 Å². The molecule has 3 atom stereocenters. The summed E-state index contributed by atoms with van der Waals surface area (Å²) in [5.74, 6) is -1.07. The van der Waals surface area contributed by atoms with Gasteiger partial charge in [-0.15, -0.1) is 0 Å². The van der Waals surface area contributed by atoms with Crippen LogP contribution in [0, 0.1) is 23.2 Å². The molecule has 0 saturated heterocycles. The molecule has 3 unspecified atom stereocenters. The van der Waals surface area contributed by atoms with Crippen molar-refractivity contribution < 1.29 is 13.2 Å². The van der Waals surface area contributed by atoms with Crippen molar-refractivity contribution in [2.75, 3.05) is 0 Å². The number of halogens is 3. The van der Waals surface area contributed by atoms with Crippen molar-refractivity contribution in [1.82, 2.24) is 0 Å². The van der Waals surface area contributed by atoms with Gasteiger partial charge in [-0.2, -0.15) is 13.2 Å². The monoisotopic (exact) mass is 208 g/mol. The van der Waals surface area contributed by atoms with Crippen LogP contribution >= 0.6 is 0 Å². The Morgan fingerprint density at radius 3 is 1.71 bits per heavy atom. The molecule has 0 aromatic rings. The van der Waals surface area contributed by atoms with E-state index < -0.39 is 12.1 Å². The third-order valence-corrected chi connectivity index (χ3v) is 3.53. The normalized spacial score (nSPS) is 34.9. The number of hydrogen-bond donors (Lipinski definition) is 0. The third kappa shape index (κ3) is 2.43. The van der Waals surface area contributed by atoms with E-state index in [1.165, 1.54) is 0 Å². The van der Waals surface area contributed by atoms with E-state index in [4.69, 9.17) is 0 Å². The largest absolute Gasteiger partial charge is 0.392 e. The molecule has 0 spiro atoms. The summed E-state index contributed by atoms with van der Waals surface area (Å²) < 4.78 is 37.7. The summed E-state index contributed by atoms with van der Waals surface area (Å²) in [5.41, 5.74) is 0.00819. The standard InChI is InChI=1S/C11H19F3/c1-7-5-8(10(2,3)4)6-9(7)11(12,13)14/h7-9H,5-6H2,1-4H3. The van der Waals surface area contributed by atoms with E-state index in [0.717, 1.165) is 0 Å². The molecule has 1 aliphatic carbocycles. The molecule has 0 aromatic heterocycles. The Morgan fingerprint density at radius 1 is 1.00 bits per heavy atom. The Balaban J connectivity index is 2.70. The molecule has 1 rings (SSSR count). The third-order valence-electron chi connectivity index (χ3n) is 3.53.